The van der Waals surface area contributed by atoms with Gasteiger partial charge in [0, 0.05) is 24.1 Å². The molecule has 0 amide bonds. The summed E-state index contributed by atoms with van der Waals surface area (Å²) in [5, 5.41) is 3.31. The van der Waals surface area contributed by atoms with Gasteiger partial charge in [0.2, 0.25) is 0 Å². The summed E-state index contributed by atoms with van der Waals surface area (Å²) in [7, 11) is 1.41. The molecule has 92 valence electrons. The molecular formula is C12H21NO3. The quantitative estimate of drug-likeness (QED) is 0.420. The molecule has 0 aromatic heterocycles. The van der Waals surface area contributed by atoms with Gasteiger partial charge in [0.25, 0.3) is 0 Å². The van der Waals surface area contributed by atoms with Crippen LogP contribution >= 0.6 is 0 Å². The van der Waals surface area contributed by atoms with Gasteiger partial charge in [0.1, 0.15) is 0 Å². The van der Waals surface area contributed by atoms with Gasteiger partial charge in [-0.15, -0.1) is 0 Å². The van der Waals surface area contributed by atoms with Crippen molar-refractivity contribution in [3.05, 3.63) is 11.6 Å². The predicted molar refractivity (Wildman–Crippen MR) is 62.2 cm³/mol. The third-order valence-electron chi connectivity index (χ3n) is 2.77. The SMILES string of the molecule is CCC(=CCNCC1(C)COC1)C(=O)OC. The van der Waals surface area contributed by atoms with Crippen LogP contribution in [0.5, 0.6) is 0 Å². The van der Waals surface area contributed by atoms with E-state index in [0.29, 0.717) is 13.0 Å². The Hall–Kier alpha value is -0.870. The molecule has 16 heavy (non-hydrogen) atoms. The molecule has 0 saturated carbocycles. The highest BCUT2D eigenvalue weighted by Crippen LogP contribution is 2.24. The van der Waals surface area contributed by atoms with Crippen LogP contribution in [0.2, 0.25) is 0 Å². The van der Waals surface area contributed by atoms with E-state index in [-0.39, 0.29) is 11.4 Å². The molecule has 1 N–H and O–H groups in total. The monoisotopic (exact) mass is 227 g/mol. The van der Waals surface area contributed by atoms with Crippen molar-refractivity contribution < 1.29 is 14.3 Å². The van der Waals surface area contributed by atoms with E-state index in [4.69, 9.17) is 4.74 Å². The van der Waals surface area contributed by atoms with Crippen molar-refractivity contribution in [2.45, 2.75) is 20.3 Å². The summed E-state index contributed by atoms with van der Waals surface area (Å²) in [5.74, 6) is -0.234. The van der Waals surface area contributed by atoms with E-state index in [1.807, 2.05) is 13.0 Å². The lowest BCUT2D eigenvalue weighted by Gasteiger charge is -2.38. The zero-order valence-electron chi connectivity index (χ0n) is 10.3. The average Bonchev–Trinajstić information content (AvgIpc) is 2.26. The molecule has 0 aliphatic carbocycles. The molecule has 1 aliphatic rings. The highest BCUT2D eigenvalue weighted by molar-refractivity contribution is 5.88. The standard InChI is InChI=1S/C12H21NO3/c1-4-10(11(14)15-3)5-6-13-7-12(2)8-16-9-12/h5,13H,4,6-9H2,1-3H3. The van der Waals surface area contributed by atoms with E-state index in [9.17, 15) is 4.79 Å². The maximum atomic E-state index is 11.3. The first-order valence-corrected chi connectivity index (χ1v) is 5.67. The topological polar surface area (TPSA) is 47.6 Å². The Morgan fingerprint density at radius 1 is 1.56 bits per heavy atom. The number of rotatable bonds is 6. The number of hydrogen-bond donors (Lipinski definition) is 1. The normalized spacial score (nSPS) is 19.1. The van der Waals surface area contributed by atoms with Crippen molar-refractivity contribution in [3.63, 3.8) is 0 Å². The smallest absolute Gasteiger partial charge is 0.333 e. The number of carbonyl (C=O) groups is 1. The van der Waals surface area contributed by atoms with E-state index in [1.165, 1.54) is 7.11 Å². The Bertz CT molecular complexity index is 269. The van der Waals surface area contributed by atoms with Crippen LogP contribution in [0.1, 0.15) is 20.3 Å². The van der Waals surface area contributed by atoms with E-state index in [2.05, 4.69) is 17.0 Å². The molecule has 0 atom stereocenters. The summed E-state index contributed by atoms with van der Waals surface area (Å²) >= 11 is 0. The molecule has 1 fully saturated rings. The van der Waals surface area contributed by atoms with Gasteiger partial charge >= 0.3 is 5.97 Å². The molecule has 0 unspecified atom stereocenters. The van der Waals surface area contributed by atoms with Gasteiger partial charge in [-0.2, -0.15) is 0 Å². The molecule has 0 aromatic carbocycles. The summed E-state index contributed by atoms with van der Waals surface area (Å²) in [4.78, 5) is 11.3. The molecule has 4 heteroatoms. The highest BCUT2D eigenvalue weighted by atomic mass is 16.5. The second-order valence-electron chi connectivity index (χ2n) is 4.51. The van der Waals surface area contributed by atoms with Gasteiger partial charge in [-0.25, -0.2) is 4.79 Å². The lowest BCUT2D eigenvalue weighted by molar-refractivity contribution is -0.136. The molecule has 0 radical (unpaired) electrons. The van der Waals surface area contributed by atoms with Gasteiger partial charge in [-0.3, -0.25) is 0 Å². The van der Waals surface area contributed by atoms with Crippen LogP contribution in [0.3, 0.4) is 0 Å². The van der Waals surface area contributed by atoms with Crippen LogP contribution in [-0.2, 0) is 14.3 Å². The highest BCUT2D eigenvalue weighted by Gasteiger charge is 2.32. The molecule has 1 rings (SSSR count). The van der Waals surface area contributed by atoms with Crippen molar-refractivity contribution in [1.82, 2.24) is 5.32 Å². The van der Waals surface area contributed by atoms with Crippen molar-refractivity contribution in [3.8, 4) is 0 Å². The number of esters is 1. The van der Waals surface area contributed by atoms with Crippen molar-refractivity contribution in [2.75, 3.05) is 33.4 Å². The minimum atomic E-state index is -0.234. The van der Waals surface area contributed by atoms with E-state index >= 15 is 0 Å². The third-order valence-corrected chi connectivity index (χ3v) is 2.77. The lowest BCUT2D eigenvalue weighted by Crippen LogP contribution is -2.47. The Kier molecular flexibility index (Phi) is 4.96. The fraction of sp³-hybridized carbons (Fsp3) is 0.750. The van der Waals surface area contributed by atoms with E-state index < -0.39 is 0 Å². The molecular weight excluding hydrogens is 206 g/mol. The minimum Gasteiger partial charge on any atom is -0.466 e. The van der Waals surface area contributed by atoms with Gasteiger partial charge in [0.05, 0.1) is 20.3 Å². The fourth-order valence-corrected chi connectivity index (χ4v) is 1.63. The number of methoxy groups -OCH3 is 1. The van der Waals surface area contributed by atoms with Crippen LogP contribution in [0, 0.1) is 5.41 Å². The zero-order chi connectivity index (χ0) is 12.0. The maximum absolute atomic E-state index is 11.3. The number of ether oxygens (including phenoxy) is 2. The van der Waals surface area contributed by atoms with Crippen LogP contribution in [0.15, 0.2) is 11.6 Å². The van der Waals surface area contributed by atoms with Gasteiger partial charge in [-0.1, -0.05) is 19.9 Å². The predicted octanol–water partition coefficient (Wildman–Crippen LogP) is 1.12. The van der Waals surface area contributed by atoms with Crippen LogP contribution in [-0.4, -0.2) is 39.4 Å². The Labute approximate surface area is 97.0 Å². The zero-order valence-corrected chi connectivity index (χ0v) is 10.3. The molecule has 1 aliphatic heterocycles. The largest absolute Gasteiger partial charge is 0.466 e. The molecule has 1 heterocycles. The second-order valence-corrected chi connectivity index (χ2v) is 4.51. The van der Waals surface area contributed by atoms with Crippen LogP contribution in [0.25, 0.3) is 0 Å². The third kappa shape index (κ3) is 3.61. The van der Waals surface area contributed by atoms with Crippen molar-refractivity contribution in [1.29, 1.82) is 0 Å². The molecule has 1 saturated heterocycles. The first kappa shape index (κ1) is 13.2. The summed E-state index contributed by atoms with van der Waals surface area (Å²) in [6, 6.07) is 0. The van der Waals surface area contributed by atoms with Crippen LogP contribution in [0.4, 0.5) is 0 Å². The summed E-state index contributed by atoms with van der Waals surface area (Å²) in [5.41, 5.74) is 0.996. The average molecular weight is 227 g/mol. The first-order chi connectivity index (χ1) is 7.61. The van der Waals surface area contributed by atoms with Gasteiger partial charge in [0.15, 0.2) is 0 Å². The Morgan fingerprint density at radius 2 is 2.25 bits per heavy atom. The van der Waals surface area contributed by atoms with Crippen LogP contribution < -0.4 is 5.32 Å². The van der Waals surface area contributed by atoms with E-state index in [1.54, 1.807) is 0 Å². The van der Waals surface area contributed by atoms with Gasteiger partial charge < -0.3 is 14.8 Å². The number of hydrogen-bond acceptors (Lipinski definition) is 4. The summed E-state index contributed by atoms with van der Waals surface area (Å²) in [6.07, 6.45) is 2.60. The molecule has 0 aromatic rings. The first-order valence-electron chi connectivity index (χ1n) is 5.67. The van der Waals surface area contributed by atoms with Gasteiger partial charge in [-0.05, 0) is 6.42 Å². The molecule has 4 nitrogen and oxygen atoms in total. The van der Waals surface area contributed by atoms with E-state index in [0.717, 1.165) is 25.3 Å². The summed E-state index contributed by atoms with van der Waals surface area (Å²) in [6.45, 7) is 7.40. The summed E-state index contributed by atoms with van der Waals surface area (Å²) < 4.78 is 9.84. The van der Waals surface area contributed by atoms with Crippen molar-refractivity contribution in [2.24, 2.45) is 5.41 Å². The molecule has 0 bridgehead atoms. The van der Waals surface area contributed by atoms with Crippen molar-refractivity contribution >= 4 is 5.97 Å². The Morgan fingerprint density at radius 3 is 2.69 bits per heavy atom. The number of nitrogens with one attached hydrogen (secondary N) is 1. The minimum absolute atomic E-state index is 0.234. The molecule has 0 spiro atoms. The Balaban J connectivity index is 2.26. The lowest BCUT2D eigenvalue weighted by atomic mass is 9.89. The fourth-order valence-electron chi connectivity index (χ4n) is 1.63. The number of carbonyl (C=O) groups excluding carboxylic acids is 1. The second kappa shape index (κ2) is 6.01. The maximum Gasteiger partial charge on any atom is 0.333 e.